The summed E-state index contributed by atoms with van der Waals surface area (Å²) in [6.07, 6.45) is 1.79. The lowest BCUT2D eigenvalue weighted by atomic mass is 10.2. The Morgan fingerprint density at radius 2 is 2.11 bits per heavy atom. The molecular formula is C20H23N7O. The Hall–Kier alpha value is -3.42. The van der Waals surface area contributed by atoms with Crippen LogP contribution in [0, 0.1) is 5.92 Å². The molecule has 0 radical (unpaired) electrons. The quantitative estimate of drug-likeness (QED) is 0.496. The number of carbonyl (C=O) groups excluding carboxylic acids is 1. The van der Waals surface area contributed by atoms with Crippen molar-refractivity contribution in [3.63, 3.8) is 0 Å². The van der Waals surface area contributed by atoms with Gasteiger partial charge in [-0.1, -0.05) is 19.9 Å². The number of nitrogens with one attached hydrogen (secondary N) is 3. The van der Waals surface area contributed by atoms with Gasteiger partial charge in [0.05, 0.1) is 35.5 Å². The minimum absolute atomic E-state index is 0.0141. The first kappa shape index (κ1) is 18.0. The van der Waals surface area contributed by atoms with E-state index in [0.29, 0.717) is 6.54 Å². The van der Waals surface area contributed by atoms with Gasteiger partial charge in [-0.15, -0.1) is 0 Å². The molecule has 0 fully saturated rings. The van der Waals surface area contributed by atoms with E-state index < -0.39 is 0 Å². The van der Waals surface area contributed by atoms with Gasteiger partial charge in [0, 0.05) is 25.4 Å². The fourth-order valence-electron chi connectivity index (χ4n) is 3.22. The van der Waals surface area contributed by atoms with Crippen molar-refractivity contribution < 1.29 is 4.79 Å². The first-order chi connectivity index (χ1) is 13.5. The van der Waals surface area contributed by atoms with Gasteiger partial charge in [0.2, 0.25) is 5.91 Å². The SMILES string of the molecule is CNc1nc2[nH]c(-c3cccc(CNC(=O)C(C)C)n3)cc2c2c1ncn2C. The number of fused-ring (bicyclic) bond motifs is 3. The molecule has 8 heteroatoms. The molecule has 144 valence electrons. The molecule has 4 aromatic heterocycles. The number of pyridine rings is 2. The molecule has 0 spiro atoms. The Morgan fingerprint density at radius 3 is 2.86 bits per heavy atom. The van der Waals surface area contributed by atoms with Crippen LogP contribution in [0.1, 0.15) is 19.5 Å². The van der Waals surface area contributed by atoms with Crippen LogP contribution in [0.15, 0.2) is 30.6 Å². The molecule has 8 nitrogen and oxygen atoms in total. The summed E-state index contributed by atoms with van der Waals surface area (Å²) in [4.78, 5) is 29.0. The molecule has 0 saturated heterocycles. The van der Waals surface area contributed by atoms with Gasteiger partial charge in [-0.25, -0.2) is 15.0 Å². The largest absolute Gasteiger partial charge is 0.371 e. The fraction of sp³-hybridized carbons (Fsp3) is 0.300. The van der Waals surface area contributed by atoms with Crippen LogP contribution in [0.25, 0.3) is 33.5 Å². The van der Waals surface area contributed by atoms with Crippen LogP contribution < -0.4 is 10.6 Å². The standard InChI is InChI=1S/C20H23N7O/c1-11(2)20(28)22-9-12-6-5-7-14(24-12)15-8-13-17-16(23-10-27(17)4)19(21-3)26-18(13)25-15/h5-8,10-11H,9H2,1-4H3,(H,22,28)(H2,21,25,26). The van der Waals surface area contributed by atoms with Gasteiger partial charge in [-0.05, 0) is 18.2 Å². The summed E-state index contributed by atoms with van der Waals surface area (Å²) in [6, 6.07) is 7.84. The van der Waals surface area contributed by atoms with E-state index in [2.05, 4.69) is 25.6 Å². The third-order valence-electron chi connectivity index (χ3n) is 4.72. The number of aromatic nitrogens is 5. The molecule has 0 aliphatic carbocycles. The van der Waals surface area contributed by atoms with E-state index in [-0.39, 0.29) is 11.8 Å². The van der Waals surface area contributed by atoms with Gasteiger partial charge < -0.3 is 20.2 Å². The molecule has 28 heavy (non-hydrogen) atoms. The van der Waals surface area contributed by atoms with E-state index in [9.17, 15) is 4.79 Å². The zero-order valence-electron chi connectivity index (χ0n) is 16.4. The molecule has 0 atom stereocenters. The third kappa shape index (κ3) is 3.06. The lowest BCUT2D eigenvalue weighted by Crippen LogP contribution is -2.27. The van der Waals surface area contributed by atoms with E-state index in [1.165, 1.54) is 0 Å². The van der Waals surface area contributed by atoms with Gasteiger partial charge in [0.25, 0.3) is 0 Å². The first-order valence-corrected chi connectivity index (χ1v) is 9.23. The Bertz CT molecular complexity index is 1170. The van der Waals surface area contributed by atoms with Crippen molar-refractivity contribution >= 4 is 33.8 Å². The van der Waals surface area contributed by atoms with Crippen molar-refractivity contribution in [2.24, 2.45) is 13.0 Å². The predicted molar refractivity (Wildman–Crippen MR) is 110 cm³/mol. The molecular weight excluding hydrogens is 354 g/mol. The normalized spacial score (nSPS) is 11.5. The number of imidazole rings is 1. The van der Waals surface area contributed by atoms with Crippen LogP contribution in [0.4, 0.5) is 5.82 Å². The Morgan fingerprint density at radius 1 is 1.29 bits per heavy atom. The van der Waals surface area contributed by atoms with Gasteiger partial charge in [0.15, 0.2) is 5.82 Å². The van der Waals surface area contributed by atoms with Crippen LogP contribution >= 0.6 is 0 Å². The smallest absolute Gasteiger partial charge is 0.222 e. The van der Waals surface area contributed by atoms with Gasteiger partial charge >= 0.3 is 0 Å². The minimum Gasteiger partial charge on any atom is -0.371 e. The topological polar surface area (TPSA) is 101 Å². The number of anilines is 1. The number of rotatable bonds is 5. The van der Waals surface area contributed by atoms with Crippen molar-refractivity contribution in [2.45, 2.75) is 20.4 Å². The molecule has 4 heterocycles. The number of aryl methyl sites for hydroxylation is 1. The number of H-pyrrole nitrogens is 1. The highest BCUT2D eigenvalue weighted by Crippen LogP contribution is 2.31. The molecule has 0 aliphatic heterocycles. The average Bonchev–Trinajstić information content (AvgIpc) is 3.29. The number of carbonyl (C=O) groups is 1. The summed E-state index contributed by atoms with van der Waals surface area (Å²) in [5, 5.41) is 7.00. The summed E-state index contributed by atoms with van der Waals surface area (Å²) in [5.74, 6) is 0.695. The molecule has 0 aliphatic rings. The van der Waals surface area contributed by atoms with E-state index in [1.54, 1.807) is 6.33 Å². The Labute approximate surface area is 162 Å². The van der Waals surface area contributed by atoms with Crippen LogP contribution in [0.3, 0.4) is 0 Å². The number of amides is 1. The molecule has 4 rings (SSSR count). The van der Waals surface area contributed by atoms with E-state index in [0.717, 1.165) is 45.0 Å². The second kappa shape index (κ2) is 6.95. The summed E-state index contributed by atoms with van der Waals surface area (Å²) in [5.41, 5.74) is 5.10. The van der Waals surface area contributed by atoms with E-state index in [1.807, 2.05) is 56.8 Å². The number of aromatic amines is 1. The lowest BCUT2D eigenvalue weighted by molar-refractivity contribution is -0.124. The highest BCUT2D eigenvalue weighted by atomic mass is 16.1. The van der Waals surface area contributed by atoms with Crippen LogP contribution in [0.2, 0.25) is 0 Å². The van der Waals surface area contributed by atoms with E-state index in [4.69, 9.17) is 4.98 Å². The maximum Gasteiger partial charge on any atom is 0.222 e. The van der Waals surface area contributed by atoms with E-state index >= 15 is 0 Å². The van der Waals surface area contributed by atoms with Crippen LogP contribution in [-0.4, -0.2) is 37.5 Å². The number of nitrogens with zero attached hydrogens (tertiary/aromatic N) is 4. The zero-order chi connectivity index (χ0) is 19.8. The summed E-state index contributed by atoms with van der Waals surface area (Å²) >= 11 is 0. The fourth-order valence-corrected chi connectivity index (χ4v) is 3.22. The highest BCUT2D eigenvalue weighted by Gasteiger charge is 2.15. The third-order valence-corrected chi connectivity index (χ3v) is 4.72. The second-order valence-corrected chi connectivity index (χ2v) is 7.10. The van der Waals surface area contributed by atoms with Gasteiger partial charge in [-0.2, -0.15) is 0 Å². The minimum atomic E-state index is -0.0503. The first-order valence-electron chi connectivity index (χ1n) is 9.23. The maximum atomic E-state index is 11.8. The summed E-state index contributed by atoms with van der Waals surface area (Å²) in [7, 11) is 3.81. The van der Waals surface area contributed by atoms with Gasteiger partial charge in [-0.3, -0.25) is 4.79 Å². The van der Waals surface area contributed by atoms with Crippen LogP contribution in [-0.2, 0) is 18.4 Å². The van der Waals surface area contributed by atoms with Crippen molar-refractivity contribution in [2.75, 3.05) is 12.4 Å². The lowest BCUT2D eigenvalue weighted by Gasteiger charge is -2.08. The molecule has 4 aromatic rings. The predicted octanol–water partition coefficient (Wildman–Crippen LogP) is 2.83. The molecule has 1 amide bonds. The van der Waals surface area contributed by atoms with Crippen molar-refractivity contribution in [1.29, 1.82) is 0 Å². The van der Waals surface area contributed by atoms with Crippen molar-refractivity contribution in [1.82, 2.24) is 29.8 Å². The van der Waals surface area contributed by atoms with Crippen molar-refractivity contribution in [3.8, 4) is 11.4 Å². The molecule has 0 unspecified atom stereocenters. The number of hydrogen-bond donors (Lipinski definition) is 3. The second-order valence-electron chi connectivity index (χ2n) is 7.10. The average molecular weight is 377 g/mol. The summed E-state index contributed by atoms with van der Waals surface area (Å²) < 4.78 is 1.99. The van der Waals surface area contributed by atoms with Crippen molar-refractivity contribution in [3.05, 3.63) is 36.3 Å². The Balaban J connectivity index is 1.74. The number of hydrogen-bond acceptors (Lipinski definition) is 5. The van der Waals surface area contributed by atoms with Crippen LogP contribution in [0.5, 0.6) is 0 Å². The highest BCUT2D eigenvalue weighted by molar-refractivity contribution is 6.07. The molecule has 0 bridgehead atoms. The maximum absolute atomic E-state index is 11.8. The molecule has 0 saturated carbocycles. The van der Waals surface area contributed by atoms with Gasteiger partial charge in [0.1, 0.15) is 11.2 Å². The zero-order valence-corrected chi connectivity index (χ0v) is 16.4. The molecule has 3 N–H and O–H groups in total. The Kier molecular flexibility index (Phi) is 4.46. The monoisotopic (exact) mass is 377 g/mol. The molecule has 0 aromatic carbocycles. The summed E-state index contributed by atoms with van der Waals surface area (Å²) in [6.45, 7) is 4.14.